The van der Waals surface area contributed by atoms with Crippen LogP contribution < -0.4 is 10.1 Å². The van der Waals surface area contributed by atoms with E-state index in [1.165, 1.54) is 0 Å². The number of ether oxygens (including phenoxy) is 1. The Kier molecular flexibility index (Phi) is 2.76. The molecule has 1 aliphatic rings. The molecule has 0 aromatic heterocycles. The fourth-order valence-corrected chi connectivity index (χ4v) is 1.60. The second-order valence-electron chi connectivity index (χ2n) is 3.44. The standard InChI is InChI=1S/C11H13N2O2/c1-15-10-4-2-3-9(7-10)8-13-6-5-12-11(13)14/h2-4,7H,5-6,8H2,1H3. The highest BCUT2D eigenvalue weighted by atomic mass is 16.5. The molecular formula is C11H13N2O2. The zero-order chi connectivity index (χ0) is 10.7. The predicted octanol–water partition coefficient (Wildman–Crippen LogP) is 1.24. The van der Waals surface area contributed by atoms with Gasteiger partial charge in [-0.15, -0.1) is 0 Å². The van der Waals surface area contributed by atoms with Crippen LogP contribution in [-0.2, 0) is 6.54 Å². The SMILES string of the molecule is COc1cccc(CN2CC[N]C2=O)c1. The van der Waals surface area contributed by atoms with Gasteiger partial charge in [0, 0.05) is 13.1 Å². The molecule has 15 heavy (non-hydrogen) atoms. The molecule has 1 aliphatic heterocycles. The lowest BCUT2D eigenvalue weighted by molar-refractivity contribution is 0.215. The number of urea groups is 1. The van der Waals surface area contributed by atoms with Crippen molar-refractivity contribution < 1.29 is 9.53 Å². The van der Waals surface area contributed by atoms with Gasteiger partial charge in [-0.2, -0.15) is 0 Å². The molecule has 79 valence electrons. The van der Waals surface area contributed by atoms with Gasteiger partial charge in [0.15, 0.2) is 0 Å². The summed E-state index contributed by atoms with van der Waals surface area (Å²) >= 11 is 0. The molecule has 1 radical (unpaired) electrons. The molecule has 0 aliphatic carbocycles. The maximum atomic E-state index is 11.3. The van der Waals surface area contributed by atoms with Crippen molar-refractivity contribution in [2.24, 2.45) is 0 Å². The van der Waals surface area contributed by atoms with Crippen molar-refractivity contribution in [2.45, 2.75) is 6.54 Å². The van der Waals surface area contributed by atoms with Gasteiger partial charge in [0.05, 0.1) is 13.7 Å². The number of benzene rings is 1. The highest BCUT2D eigenvalue weighted by molar-refractivity contribution is 5.75. The zero-order valence-electron chi connectivity index (χ0n) is 8.64. The van der Waals surface area contributed by atoms with Crippen LogP contribution in [0.3, 0.4) is 0 Å². The number of methoxy groups -OCH3 is 1. The van der Waals surface area contributed by atoms with Gasteiger partial charge in [0.25, 0.3) is 0 Å². The third-order valence-electron chi connectivity index (χ3n) is 2.40. The number of carbonyl (C=O) groups is 1. The first-order valence-electron chi connectivity index (χ1n) is 4.89. The normalized spacial score (nSPS) is 15.3. The lowest BCUT2D eigenvalue weighted by Gasteiger charge is -2.13. The topological polar surface area (TPSA) is 43.6 Å². The van der Waals surface area contributed by atoms with E-state index in [9.17, 15) is 4.79 Å². The van der Waals surface area contributed by atoms with Crippen molar-refractivity contribution in [3.63, 3.8) is 0 Å². The Labute approximate surface area is 88.8 Å². The molecule has 4 nitrogen and oxygen atoms in total. The molecule has 1 heterocycles. The monoisotopic (exact) mass is 205 g/mol. The van der Waals surface area contributed by atoms with Crippen LogP contribution >= 0.6 is 0 Å². The first kappa shape index (κ1) is 9.83. The third kappa shape index (κ3) is 2.21. The van der Waals surface area contributed by atoms with Crippen molar-refractivity contribution >= 4 is 6.03 Å². The van der Waals surface area contributed by atoms with Gasteiger partial charge in [-0.3, -0.25) is 0 Å². The fourth-order valence-electron chi connectivity index (χ4n) is 1.60. The van der Waals surface area contributed by atoms with Crippen LogP contribution in [0.2, 0.25) is 0 Å². The maximum absolute atomic E-state index is 11.3. The Bertz CT molecular complexity index is 365. The first-order valence-corrected chi connectivity index (χ1v) is 4.89. The summed E-state index contributed by atoms with van der Waals surface area (Å²) < 4.78 is 5.12. The average Bonchev–Trinajstić information content (AvgIpc) is 2.65. The van der Waals surface area contributed by atoms with E-state index in [1.807, 2.05) is 24.3 Å². The second-order valence-corrected chi connectivity index (χ2v) is 3.44. The molecule has 1 saturated heterocycles. The Morgan fingerprint density at radius 2 is 2.40 bits per heavy atom. The molecule has 0 N–H and O–H groups in total. The number of carbonyl (C=O) groups excluding carboxylic acids is 1. The summed E-state index contributed by atoms with van der Waals surface area (Å²) in [7, 11) is 1.63. The van der Waals surface area contributed by atoms with E-state index in [0.29, 0.717) is 13.1 Å². The maximum Gasteiger partial charge on any atom is 0.339 e. The molecule has 0 bridgehead atoms. The van der Waals surface area contributed by atoms with Crippen molar-refractivity contribution in [1.29, 1.82) is 0 Å². The highest BCUT2D eigenvalue weighted by Gasteiger charge is 2.20. The van der Waals surface area contributed by atoms with Gasteiger partial charge in [-0.25, -0.2) is 10.1 Å². The van der Waals surface area contributed by atoms with Crippen LogP contribution in [0, 0.1) is 0 Å². The average molecular weight is 205 g/mol. The minimum absolute atomic E-state index is 0.113. The minimum atomic E-state index is -0.113. The number of hydrogen-bond donors (Lipinski definition) is 0. The van der Waals surface area contributed by atoms with Crippen molar-refractivity contribution in [2.75, 3.05) is 20.2 Å². The summed E-state index contributed by atoms with van der Waals surface area (Å²) in [5.74, 6) is 0.816. The Morgan fingerprint density at radius 3 is 3.07 bits per heavy atom. The minimum Gasteiger partial charge on any atom is -0.497 e. The molecule has 2 rings (SSSR count). The fraction of sp³-hybridized carbons (Fsp3) is 0.364. The summed E-state index contributed by atoms with van der Waals surface area (Å²) in [6.45, 7) is 1.94. The van der Waals surface area contributed by atoms with Crippen LogP contribution in [0.25, 0.3) is 0 Å². The molecule has 1 aromatic carbocycles. The van der Waals surface area contributed by atoms with E-state index in [-0.39, 0.29) is 6.03 Å². The van der Waals surface area contributed by atoms with Crippen LogP contribution in [0.5, 0.6) is 5.75 Å². The van der Waals surface area contributed by atoms with E-state index in [2.05, 4.69) is 5.32 Å². The van der Waals surface area contributed by atoms with E-state index in [0.717, 1.165) is 17.9 Å². The molecule has 0 atom stereocenters. The number of nitrogens with zero attached hydrogens (tertiary/aromatic N) is 2. The quantitative estimate of drug-likeness (QED) is 0.745. The molecule has 2 amide bonds. The largest absolute Gasteiger partial charge is 0.497 e. The van der Waals surface area contributed by atoms with E-state index in [4.69, 9.17) is 4.74 Å². The lowest BCUT2D eigenvalue weighted by atomic mass is 10.2. The highest BCUT2D eigenvalue weighted by Crippen LogP contribution is 2.15. The van der Waals surface area contributed by atoms with Crippen molar-refractivity contribution in [3.05, 3.63) is 29.8 Å². The Balaban J connectivity index is 2.06. The first-order chi connectivity index (χ1) is 7.29. The number of amides is 2. The summed E-state index contributed by atoms with van der Waals surface area (Å²) in [6.07, 6.45) is 0. The molecule has 0 spiro atoms. The number of hydrogen-bond acceptors (Lipinski definition) is 2. The van der Waals surface area contributed by atoms with Gasteiger partial charge in [0.1, 0.15) is 5.75 Å². The Hall–Kier alpha value is -1.71. The second kappa shape index (κ2) is 4.21. The number of rotatable bonds is 3. The van der Waals surface area contributed by atoms with E-state index >= 15 is 0 Å². The van der Waals surface area contributed by atoms with Crippen LogP contribution in [0.1, 0.15) is 5.56 Å². The van der Waals surface area contributed by atoms with Gasteiger partial charge in [-0.05, 0) is 17.7 Å². The Morgan fingerprint density at radius 1 is 1.53 bits per heavy atom. The van der Waals surface area contributed by atoms with Crippen LogP contribution in [0.15, 0.2) is 24.3 Å². The van der Waals surface area contributed by atoms with E-state index < -0.39 is 0 Å². The van der Waals surface area contributed by atoms with Gasteiger partial charge in [0.2, 0.25) is 0 Å². The molecule has 4 heteroatoms. The van der Waals surface area contributed by atoms with Crippen molar-refractivity contribution in [1.82, 2.24) is 10.2 Å². The smallest absolute Gasteiger partial charge is 0.339 e. The van der Waals surface area contributed by atoms with E-state index in [1.54, 1.807) is 12.0 Å². The molecule has 0 saturated carbocycles. The summed E-state index contributed by atoms with van der Waals surface area (Å²) in [5, 5.41) is 3.81. The lowest BCUT2D eigenvalue weighted by Crippen LogP contribution is -2.25. The summed E-state index contributed by atoms with van der Waals surface area (Å²) in [4.78, 5) is 13.0. The van der Waals surface area contributed by atoms with Crippen LogP contribution in [0.4, 0.5) is 4.79 Å². The van der Waals surface area contributed by atoms with Gasteiger partial charge >= 0.3 is 6.03 Å². The summed E-state index contributed by atoms with van der Waals surface area (Å²) in [5.41, 5.74) is 1.07. The molecule has 1 fully saturated rings. The molecule has 0 unspecified atom stereocenters. The predicted molar refractivity (Wildman–Crippen MR) is 55.8 cm³/mol. The molecule has 1 aromatic rings. The zero-order valence-corrected chi connectivity index (χ0v) is 8.64. The third-order valence-corrected chi connectivity index (χ3v) is 2.40. The van der Waals surface area contributed by atoms with Gasteiger partial charge < -0.3 is 9.64 Å². The molecular weight excluding hydrogens is 192 g/mol. The van der Waals surface area contributed by atoms with Crippen LogP contribution in [-0.4, -0.2) is 31.1 Å². The summed E-state index contributed by atoms with van der Waals surface area (Å²) in [6, 6.07) is 7.61. The van der Waals surface area contributed by atoms with Crippen molar-refractivity contribution in [3.8, 4) is 5.75 Å². The van der Waals surface area contributed by atoms with Gasteiger partial charge in [-0.1, -0.05) is 12.1 Å².